The summed E-state index contributed by atoms with van der Waals surface area (Å²) < 4.78 is 32.4. The van der Waals surface area contributed by atoms with E-state index in [-0.39, 0.29) is 11.8 Å². The fraction of sp³-hybridized carbons (Fsp3) is 0.250. The molecule has 0 atom stereocenters. The minimum Gasteiger partial charge on any atom is -0.491 e. The van der Waals surface area contributed by atoms with E-state index < -0.39 is 11.6 Å². The Morgan fingerprint density at radius 2 is 1.60 bits per heavy atom. The summed E-state index contributed by atoms with van der Waals surface area (Å²) in [7, 11) is 0. The van der Waals surface area contributed by atoms with Gasteiger partial charge in [-0.1, -0.05) is 18.2 Å². The molecular weight excluding hydrogens is 260 g/mol. The van der Waals surface area contributed by atoms with Crippen LogP contribution in [0.25, 0.3) is 0 Å². The van der Waals surface area contributed by atoms with Crippen molar-refractivity contribution in [1.82, 2.24) is 0 Å². The molecule has 0 aliphatic heterocycles. The van der Waals surface area contributed by atoms with Gasteiger partial charge in [-0.25, -0.2) is 8.78 Å². The zero-order chi connectivity index (χ0) is 14.5. The van der Waals surface area contributed by atoms with Crippen LogP contribution in [0, 0.1) is 11.6 Å². The Kier molecular flexibility index (Phi) is 4.56. The van der Waals surface area contributed by atoms with Gasteiger partial charge in [0.05, 0.1) is 6.10 Å². The molecule has 0 amide bonds. The summed E-state index contributed by atoms with van der Waals surface area (Å²) in [5.41, 5.74) is 0.818. The predicted molar refractivity (Wildman–Crippen MR) is 75.9 cm³/mol. The Morgan fingerprint density at radius 3 is 2.15 bits per heavy atom. The number of hydrogen-bond acceptors (Lipinski definition) is 2. The van der Waals surface area contributed by atoms with Crippen LogP contribution in [0.1, 0.15) is 19.4 Å². The van der Waals surface area contributed by atoms with Crippen molar-refractivity contribution in [2.75, 3.05) is 5.32 Å². The van der Waals surface area contributed by atoms with Crippen LogP contribution in [0.4, 0.5) is 14.5 Å². The standard InChI is InChI=1S/C16H17F2NO/c1-11(2)20-13-8-6-12(7-9-13)10-19-16-14(17)4-3-5-15(16)18/h3-9,11,19H,10H2,1-2H3. The van der Waals surface area contributed by atoms with Gasteiger partial charge in [-0.05, 0) is 43.7 Å². The number of hydrogen-bond donors (Lipinski definition) is 1. The third-order valence-corrected chi connectivity index (χ3v) is 2.73. The molecule has 0 saturated carbocycles. The summed E-state index contributed by atoms with van der Waals surface area (Å²) >= 11 is 0. The third-order valence-electron chi connectivity index (χ3n) is 2.73. The Morgan fingerprint density at radius 1 is 1.00 bits per heavy atom. The number of benzene rings is 2. The molecule has 0 aliphatic rings. The SMILES string of the molecule is CC(C)Oc1ccc(CNc2c(F)cccc2F)cc1. The van der Waals surface area contributed by atoms with Gasteiger partial charge in [-0.2, -0.15) is 0 Å². The minimum absolute atomic E-state index is 0.102. The Balaban J connectivity index is 2.00. The van der Waals surface area contributed by atoms with E-state index in [9.17, 15) is 8.78 Å². The molecule has 0 radical (unpaired) electrons. The van der Waals surface area contributed by atoms with E-state index in [0.717, 1.165) is 11.3 Å². The molecule has 0 heterocycles. The molecule has 2 aromatic rings. The second kappa shape index (κ2) is 6.37. The van der Waals surface area contributed by atoms with E-state index in [4.69, 9.17) is 4.74 Å². The Bertz CT molecular complexity index is 547. The number of para-hydroxylation sites is 1. The number of anilines is 1. The third kappa shape index (κ3) is 3.70. The molecule has 106 valence electrons. The largest absolute Gasteiger partial charge is 0.491 e. The van der Waals surface area contributed by atoms with E-state index in [1.54, 1.807) is 0 Å². The summed E-state index contributed by atoms with van der Waals surface area (Å²) in [5.74, 6) is -0.407. The van der Waals surface area contributed by atoms with Gasteiger partial charge in [0.2, 0.25) is 0 Å². The van der Waals surface area contributed by atoms with Crippen molar-refractivity contribution in [3.63, 3.8) is 0 Å². The zero-order valence-corrected chi connectivity index (χ0v) is 11.5. The minimum atomic E-state index is -0.593. The molecule has 0 spiro atoms. The second-order valence-corrected chi connectivity index (χ2v) is 4.76. The van der Waals surface area contributed by atoms with Crippen LogP contribution >= 0.6 is 0 Å². The summed E-state index contributed by atoms with van der Waals surface area (Å²) in [4.78, 5) is 0. The van der Waals surface area contributed by atoms with E-state index in [1.165, 1.54) is 18.2 Å². The van der Waals surface area contributed by atoms with Crippen LogP contribution in [-0.4, -0.2) is 6.10 Å². The van der Waals surface area contributed by atoms with E-state index >= 15 is 0 Å². The first-order valence-electron chi connectivity index (χ1n) is 6.49. The van der Waals surface area contributed by atoms with Crippen LogP contribution in [0.5, 0.6) is 5.75 Å². The highest BCUT2D eigenvalue weighted by molar-refractivity contribution is 5.46. The molecule has 2 rings (SSSR count). The van der Waals surface area contributed by atoms with Crippen LogP contribution < -0.4 is 10.1 Å². The van der Waals surface area contributed by atoms with Gasteiger partial charge < -0.3 is 10.1 Å². The van der Waals surface area contributed by atoms with Crippen LogP contribution in [0.2, 0.25) is 0 Å². The molecule has 0 fully saturated rings. The molecule has 1 N–H and O–H groups in total. The van der Waals surface area contributed by atoms with Gasteiger partial charge in [-0.15, -0.1) is 0 Å². The molecule has 2 aromatic carbocycles. The fourth-order valence-corrected chi connectivity index (χ4v) is 1.82. The molecule has 20 heavy (non-hydrogen) atoms. The van der Waals surface area contributed by atoms with E-state index in [0.29, 0.717) is 6.54 Å². The monoisotopic (exact) mass is 277 g/mol. The lowest BCUT2D eigenvalue weighted by Gasteiger charge is -2.11. The molecule has 0 aromatic heterocycles. The Hall–Kier alpha value is -2.10. The lowest BCUT2D eigenvalue weighted by molar-refractivity contribution is 0.242. The van der Waals surface area contributed by atoms with Gasteiger partial charge in [0, 0.05) is 6.54 Å². The van der Waals surface area contributed by atoms with Crippen molar-refractivity contribution < 1.29 is 13.5 Å². The first kappa shape index (κ1) is 14.3. The van der Waals surface area contributed by atoms with Crippen LogP contribution in [0.3, 0.4) is 0 Å². The highest BCUT2D eigenvalue weighted by Crippen LogP contribution is 2.20. The van der Waals surface area contributed by atoms with Gasteiger partial charge in [0.1, 0.15) is 23.1 Å². The van der Waals surface area contributed by atoms with Gasteiger partial charge in [-0.3, -0.25) is 0 Å². The Labute approximate surface area is 117 Å². The van der Waals surface area contributed by atoms with E-state index in [2.05, 4.69) is 5.32 Å². The predicted octanol–water partition coefficient (Wildman–Crippen LogP) is 4.36. The molecule has 0 saturated heterocycles. The number of halogens is 2. The van der Waals surface area contributed by atoms with Crippen molar-refractivity contribution in [1.29, 1.82) is 0 Å². The highest BCUT2D eigenvalue weighted by atomic mass is 19.1. The van der Waals surface area contributed by atoms with Crippen molar-refractivity contribution >= 4 is 5.69 Å². The first-order valence-corrected chi connectivity index (χ1v) is 6.49. The summed E-state index contributed by atoms with van der Waals surface area (Å²) in [5, 5.41) is 2.77. The van der Waals surface area contributed by atoms with Gasteiger partial charge >= 0.3 is 0 Å². The van der Waals surface area contributed by atoms with Crippen molar-refractivity contribution in [2.45, 2.75) is 26.5 Å². The average molecular weight is 277 g/mol. The quantitative estimate of drug-likeness (QED) is 0.876. The first-order chi connectivity index (χ1) is 9.56. The lowest BCUT2D eigenvalue weighted by atomic mass is 10.2. The fourth-order valence-electron chi connectivity index (χ4n) is 1.82. The second-order valence-electron chi connectivity index (χ2n) is 4.76. The summed E-state index contributed by atoms with van der Waals surface area (Å²) in [6.07, 6.45) is 0.117. The lowest BCUT2D eigenvalue weighted by Crippen LogP contribution is -2.06. The maximum atomic E-state index is 13.4. The van der Waals surface area contributed by atoms with Crippen molar-refractivity contribution in [3.8, 4) is 5.75 Å². The number of rotatable bonds is 5. The van der Waals surface area contributed by atoms with Gasteiger partial charge in [0.25, 0.3) is 0 Å². The molecular formula is C16H17F2NO. The molecule has 0 aliphatic carbocycles. The molecule has 4 heteroatoms. The number of ether oxygens (including phenoxy) is 1. The average Bonchev–Trinajstić information content (AvgIpc) is 2.39. The van der Waals surface area contributed by atoms with E-state index in [1.807, 2.05) is 38.1 Å². The normalized spacial score (nSPS) is 10.7. The molecule has 0 bridgehead atoms. The molecule has 2 nitrogen and oxygen atoms in total. The maximum Gasteiger partial charge on any atom is 0.149 e. The smallest absolute Gasteiger partial charge is 0.149 e. The topological polar surface area (TPSA) is 21.3 Å². The van der Waals surface area contributed by atoms with Crippen molar-refractivity contribution in [3.05, 3.63) is 59.7 Å². The van der Waals surface area contributed by atoms with Crippen molar-refractivity contribution in [2.24, 2.45) is 0 Å². The highest BCUT2D eigenvalue weighted by Gasteiger charge is 2.07. The van der Waals surface area contributed by atoms with Crippen LogP contribution in [0.15, 0.2) is 42.5 Å². The summed E-state index contributed by atoms with van der Waals surface area (Å²) in [6, 6.07) is 11.2. The number of nitrogens with one attached hydrogen (secondary N) is 1. The van der Waals surface area contributed by atoms with Gasteiger partial charge in [0.15, 0.2) is 0 Å². The molecule has 0 unspecified atom stereocenters. The van der Waals surface area contributed by atoms with Crippen LogP contribution in [-0.2, 0) is 6.54 Å². The zero-order valence-electron chi connectivity index (χ0n) is 11.5. The maximum absolute atomic E-state index is 13.4. The summed E-state index contributed by atoms with van der Waals surface area (Å²) in [6.45, 7) is 4.26.